The van der Waals surface area contributed by atoms with E-state index in [1.165, 1.54) is 43.4 Å². The largest absolute Gasteiger partial charge is 0.416 e. The van der Waals surface area contributed by atoms with Gasteiger partial charge in [-0.3, -0.25) is 0 Å². The number of allylic oxidation sites excluding steroid dienone is 1. The van der Waals surface area contributed by atoms with Crippen LogP contribution in [0.5, 0.6) is 0 Å². The second-order valence-corrected chi connectivity index (χ2v) is 9.25. The lowest BCUT2D eigenvalue weighted by Gasteiger charge is -2.27. The van der Waals surface area contributed by atoms with Crippen molar-refractivity contribution < 1.29 is 13.2 Å². The highest BCUT2D eigenvalue weighted by molar-refractivity contribution is 5.93. The third kappa shape index (κ3) is 3.98. The van der Waals surface area contributed by atoms with Gasteiger partial charge >= 0.3 is 6.18 Å². The Balaban J connectivity index is 1.21. The monoisotopic (exact) mass is 424 g/mol. The molecule has 0 saturated heterocycles. The predicted octanol–water partition coefficient (Wildman–Crippen LogP) is 7.48. The van der Waals surface area contributed by atoms with Crippen molar-refractivity contribution in [1.82, 2.24) is 4.98 Å². The second-order valence-electron chi connectivity index (χ2n) is 9.25. The fourth-order valence-electron chi connectivity index (χ4n) is 5.07. The van der Waals surface area contributed by atoms with E-state index in [0.29, 0.717) is 11.3 Å². The van der Waals surface area contributed by atoms with E-state index in [2.05, 4.69) is 35.1 Å². The van der Waals surface area contributed by atoms with Gasteiger partial charge in [0.05, 0.1) is 11.3 Å². The minimum atomic E-state index is -4.28. The molecule has 2 N–H and O–H groups in total. The summed E-state index contributed by atoms with van der Waals surface area (Å²) in [6, 6.07) is 11.9. The molecule has 2 aliphatic carbocycles. The summed E-state index contributed by atoms with van der Waals surface area (Å²) in [7, 11) is 0. The SMILES string of the molecule is C=C(Nc1c[nH]c2ccc(CCCc3ccc(C(F)(F)F)cc3)cc12)C1CC12CCC2. The summed E-state index contributed by atoms with van der Waals surface area (Å²) in [6.45, 7) is 4.31. The molecule has 31 heavy (non-hydrogen) atoms. The molecule has 1 heterocycles. The molecule has 5 rings (SSSR count). The van der Waals surface area contributed by atoms with Crippen molar-refractivity contribution in [3.8, 4) is 0 Å². The summed E-state index contributed by atoms with van der Waals surface area (Å²) in [5, 5.41) is 4.72. The van der Waals surface area contributed by atoms with Crippen LogP contribution in [0, 0.1) is 11.3 Å². The third-order valence-electron chi connectivity index (χ3n) is 7.21. The highest BCUT2D eigenvalue weighted by Gasteiger charge is 2.58. The van der Waals surface area contributed by atoms with E-state index in [1.807, 2.05) is 6.20 Å². The van der Waals surface area contributed by atoms with Crippen LogP contribution < -0.4 is 5.32 Å². The summed E-state index contributed by atoms with van der Waals surface area (Å²) >= 11 is 0. The van der Waals surface area contributed by atoms with Gasteiger partial charge in [0, 0.05) is 28.7 Å². The smallest absolute Gasteiger partial charge is 0.359 e. The van der Waals surface area contributed by atoms with Crippen LogP contribution in [0.1, 0.15) is 48.8 Å². The number of aromatic nitrogens is 1. The number of alkyl halides is 3. The number of rotatable bonds is 7. The van der Waals surface area contributed by atoms with Crippen molar-refractivity contribution in [3.05, 3.63) is 77.6 Å². The molecule has 1 aromatic heterocycles. The maximum atomic E-state index is 12.7. The molecule has 0 radical (unpaired) electrons. The zero-order valence-electron chi connectivity index (χ0n) is 17.5. The van der Waals surface area contributed by atoms with Crippen molar-refractivity contribution in [3.63, 3.8) is 0 Å². The van der Waals surface area contributed by atoms with Crippen molar-refractivity contribution in [2.75, 3.05) is 5.32 Å². The number of anilines is 1. The minimum Gasteiger partial charge on any atom is -0.359 e. The molecule has 0 bridgehead atoms. The quantitative estimate of drug-likeness (QED) is 0.404. The summed E-state index contributed by atoms with van der Waals surface area (Å²) in [4.78, 5) is 3.33. The number of nitrogens with one attached hydrogen (secondary N) is 2. The first-order valence-corrected chi connectivity index (χ1v) is 11.1. The van der Waals surface area contributed by atoms with Gasteiger partial charge in [-0.2, -0.15) is 13.2 Å². The number of fused-ring (bicyclic) bond motifs is 1. The van der Waals surface area contributed by atoms with E-state index >= 15 is 0 Å². The normalized spacial score (nSPS) is 19.4. The Labute approximate surface area is 180 Å². The Kier molecular flexibility index (Phi) is 4.87. The predicted molar refractivity (Wildman–Crippen MR) is 119 cm³/mol. The zero-order valence-corrected chi connectivity index (χ0v) is 17.5. The molecule has 2 aliphatic rings. The van der Waals surface area contributed by atoms with Crippen LogP contribution in [0.2, 0.25) is 0 Å². The first-order chi connectivity index (χ1) is 14.8. The summed E-state index contributed by atoms with van der Waals surface area (Å²) in [5.74, 6) is 0.609. The lowest BCUT2D eigenvalue weighted by molar-refractivity contribution is -0.137. The Morgan fingerprint density at radius 3 is 2.42 bits per heavy atom. The van der Waals surface area contributed by atoms with Gasteiger partial charge in [-0.25, -0.2) is 0 Å². The molecule has 0 amide bonds. The van der Waals surface area contributed by atoms with Gasteiger partial charge in [0.2, 0.25) is 0 Å². The van der Waals surface area contributed by atoms with Crippen molar-refractivity contribution >= 4 is 16.6 Å². The molecule has 2 nitrogen and oxygen atoms in total. The highest BCUT2D eigenvalue weighted by Crippen LogP contribution is 2.67. The van der Waals surface area contributed by atoms with Crippen LogP contribution in [0.3, 0.4) is 0 Å². The van der Waals surface area contributed by atoms with Gasteiger partial charge in [-0.1, -0.05) is 31.2 Å². The van der Waals surface area contributed by atoms with E-state index in [1.54, 1.807) is 12.1 Å². The fraction of sp³-hybridized carbons (Fsp3) is 0.385. The van der Waals surface area contributed by atoms with Crippen molar-refractivity contribution in [2.24, 2.45) is 11.3 Å². The molecule has 0 aliphatic heterocycles. The van der Waals surface area contributed by atoms with E-state index in [9.17, 15) is 13.2 Å². The Morgan fingerprint density at radius 2 is 1.77 bits per heavy atom. The lowest BCUT2D eigenvalue weighted by atomic mass is 9.79. The molecule has 5 heteroatoms. The van der Waals surface area contributed by atoms with Gasteiger partial charge in [-0.05, 0) is 79.3 Å². The van der Waals surface area contributed by atoms with Gasteiger partial charge < -0.3 is 10.3 Å². The number of halogens is 3. The van der Waals surface area contributed by atoms with Gasteiger partial charge in [-0.15, -0.1) is 0 Å². The third-order valence-corrected chi connectivity index (χ3v) is 7.21. The number of aryl methyl sites for hydroxylation is 2. The average Bonchev–Trinajstić information content (AvgIpc) is 3.38. The first-order valence-electron chi connectivity index (χ1n) is 11.1. The molecule has 2 fully saturated rings. The number of aromatic amines is 1. The lowest BCUT2D eigenvalue weighted by Crippen LogP contribution is -2.17. The van der Waals surface area contributed by atoms with Crippen molar-refractivity contribution in [2.45, 2.75) is 51.1 Å². The average molecular weight is 425 g/mol. The first kappa shape index (κ1) is 20.2. The maximum Gasteiger partial charge on any atom is 0.416 e. The molecular weight excluding hydrogens is 397 g/mol. The van der Waals surface area contributed by atoms with Crippen LogP contribution in [-0.4, -0.2) is 4.98 Å². The number of hydrogen-bond donors (Lipinski definition) is 2. The Hall–Kier alpha value is -2.69. The van der Waals surface area contributed by atoms with E-state index in [0.717, 1.165) is 47.1 Å². The van der Waals surface area contributed by atoms with Gasteiger partial charge in [0.1, 0.15) is 0 Å². The molecule has 2 aromatic carbocycles. The summed E-state index contributed by atoms with van der Waals surface area (Å²) < 4.78 is 38.1. The van der Waals surface area contributed by atoms with Crippen molar-refractivity contribution in [1.29, 1.82) is 0 Å². The Bertz CT molecular complexity index is 1100. The van der Waals surface area contributed by atoms with E-state index in [-0.39, 0.29) is 0 Å². The molecular formula is C26H27F3N2. The van der Waals surface area contributed by atoms with Gasteiger partial charge in [0.15, 0.2) is 0 Å². The number of hydrogen-bond acceptors (Lipinski definition) is 1. The van der Waals surface area contributed by atoms with Crippen LogP contribution in [0.4, 0.5) is 18.9 Å². The molecule has 1 spiro atoms. The van der Waals surface area contributed by atoms with Gasteiger partial charge in [0.25, 0.3) is 0 Å². The van der Waals surface area contributed by atoms with E-state index in [4.69, 9.17) is 0 Å². The topological polar surface area (TPSA) is 27.8 Å². The Morgan fingerprint density at radius 1 is 1.06 bits per heavy atom. The van der Waals surface area contributed by atoms with Crippen LogP contribution in [0.15, 0.2) is 60.9 Å². The molecule has 162 valence electrons. The summed E-state index contributed by atoms with van der Waals surface area (Å²) in [6.07, 6.45) is 5.58. The standard InChI is InChI=1S/C26H27F3N2/c1-17(22-15-25(22)12-3-13-25)31-24-16-30-23-11-8-19(14-21(23)24)5-2-4-18-6-9-20(10-7-18)26(27,28)29/h6-11,14,16,22,30-31H,1-5,12-13,15H2. The fourth-order valence-corrected chi connectivity index (χ4v) is 5.07. The summed E-state index contributed by atoms with van der Waals surface area (Å²) in [5.41, 5.74) is 5.43. The maximum absolute atomic E-state index is 12.7. The molecule has 1 unspecified atom stereocenters. The van der Waals surface area contributed by atoms with E-state index < -0.39 is 11.7 Å². The zero-order chi connectivity index (χ0) is 21.6. The second kappa shape index (κ2) is 7.47. The van der Waals surface area contributed by atoms with Crippen LogP contribution in [0.25, 0.3) is 10.9 Å². The molecule has 2 saturated carbocycles. The van der Waals surface area contributed by atoms with Crippen LogP contribution >= 0.6 is 0 Å². The number of H-pyrrole nitrogens is 1. The minimum absolute atomic E-state index is 0.555. The number of benzene rings is 2. The molecule has 3 aromatic rings. The van der Waals surface area contributed by atoms with Crippen LogP contribution in [-0.2, 0) is 19.0 Å². The highest BCUT2D eigenvalue weighted by atomic mass is 19.4. The molecule has 1 atom stereocenters.